The summed E-state index contributed by atoms with van der Waals surface area (Å²) in [5.74, 6) is 0.547. The molecule has 1 saturated heterocycles. The summed E-state index contributed by atoms with van der Waals surface area (Å²) >= 11 is 0. The maximum Gasteiger partial charge on any atom is 0.212 e. The number of piperidine rings is 1. The molecule has 106 valence electrons. The second-order valence-electron chi connectivity index (χ2n) is 5.60. The van der Waals surface area contributed by atoms with E-state index in [1.807, 2.05) is 0 Å². The van der Waals surface area contributed by atoms with Gasteiger partial charge >= 0.3 is 0 Å². The fraction of sp³-hybridized carbons (Fsp3) is 1.00. The van der Waals surface area contributed by atoms with Crippen LogP contribution in [-0.4, -0.2) is 44.5 Å². The third kappa shape index (κ3) is 4.50. The van der Waals surface area contributed by atoms with Crippen molar-refractivity contribution in [2.75, 3.05) is 18.8 Å². The number of hydrogen-bond acceptors (Lipinski definition) is 4. The lowest BCUT2D eigenvalue weighted by molar-refractivity contribution is 0.120. The SMILES string of the molecule is O=S(=O)(CC1CCNCC1)NC1CCC(O)CC1. The first-order valence-corrected chi connectivity index (χ1v) is 8.59. The fourth-order valence-corrected chi connectivity index (χ4v) is 4.65. The zero-order valence-corrected chi connectivity index (χ0v) is 11.6. The molecule has 18 heavy (non-hydrogen) atoms. The summed E-state index contributed by atoms with van der Waals surface area (Å²) < 4.78 is 26.9. The highest BCUT2D eigenvalue weighted by Crippen LogP contribution is 2.20. The van der Waals surface area contributed by atoms with Gasteiger partial charge in [0, 0.05) is 6.04 Å². The highest BCUT2D eigenvalue weighted by atomic mass is 32.2. The summed E-state index contributed by atoms with van der Waals surface area (Å²) in [5, 5.41) is 12.6. The average Bonchev–Trinajstić information content (AvgIpc) is 2.32. The third-order valence-electron chi connectivity index (χ3n) is 3.96. The van der Waals surface area contributed by atoms with Gasteiger partial charge in [0.1, 0.15) is 0 Å². The van der Waals surface area contributed by atoms with Crippen molar-refractivity contribution in [1.29, 1.82) is 0 Å². The molecule has 1 heterocycles. The largest absolute Gasteiger partial charge is 0.393 e. The Hall–Kier alpha value is -0.170. The van der Waals surface area contributed by atoms with Crippen LogP contribution in [0.5, 0.6) is 0 Å². The molecule has 2 fully saturated rings. The molecule has 0 aromatic rings. The zero-order chi connectivity index (χ0) is 13.0. The molecule has 0 spiro atoms. The van der Waals surface area contributed by atoms with Crippen molar-refractivity contribution >= 4 is 10.0 Å². The number of nitrogens with one attached hydrogen (secondary N) is 2. The van der Waals surface area contributed by atoms with Gasteiger partial charge in [-0.05, 0) is 57.5 Å². The van der Waals surface area contributed by atoms with Gasteiger partial charge in [-0.3, -0.25) is 0 Å². The lowest BCUT2D eigenvalue weighted by Gasteiger charge is -2.27. The predicted molar refractivity (Wildman–Crippen MR) is 70.8 cm³/mol. The van der Waals surface area contributed by atoms with E-state index in [9.17, 15) is 13.5 Å². The monoisotopic (exact) mass is 276 g/mol. The van der Waals surface area contributed by atoms with Crippen LogP contribution in [0.2, 0.25) is 0 Å². The fourth-order valence-electron chi connectivity index (χ4n) is 2.85. The van der Waals surface area contributed by atoms with E-state index < -0.39 is 10.0 Å². The maximum atomic E-state index is 12.1. The third-order valence-corrected chi connectivity index (χ3v) is 5.56. The number of rotatable bonds is 4. The van der Waals surface area contributed by atoms with Crippen LogP contribution in [0.1, 0.15) is 38.5 Å². The number of sulfonamides is 1. The predicted octanol–water partition coefficient (Wildman–Crippen LogP) is 0.209. The summed E-state index contributed by atoms with van der Waals surface area (Å²) in [6.07, 6.45) is 4.59. The Morgan fingerprint density at radius 1 is 1.06 bits per heavy atom. The summed E-state index contributed by atoms with van der Waals surface area (Å²) in [6.45, 7) is 1.85. The first kappa shape index (κ1) is 14.2. The Morgan fingerprint density at radius 2 is 1.67 bits per heavy atom. The van der Waals surface area contributed by atoms with Crippen molar-refractivity contribution in [3.63, 3.8) is 0 Å². The molecule has 6 heteroatoms. The number of aliphatic hydroxyl groups is 1. The van der Waals surface area contributed by atoms with Gasteiger partial charge < -0.3 is 10.4 Å². The van der Waals surface area contributed by atoms with Gasteiger partial charge in [-0.25, -0.2) is 13.1 Å². The summed E-state index contributed by atoms with van der Waals surface area (Å²) in [7, 11) is -3.16. The van der Waals surface area contributed by atoms with Gasteiger partial charge in [0.05, 0.1) is 11.9 Å². The van der Waals surface area contributed by atoms with Crippen molar-refractivity contribution in [3.8, 4) is 0 Å². The van der Waals surface area contributed by atoms with Gasteiger partial charge in [0.2, 0.25) is 10.0 Å². The van der Waals surface area contributed by atoms with Gasteiger partial charge in [0.15, 0.2) is 0 Å². The highest BCUT2D eigenvalue weighted by molar-refractivity contribution is 7.89. The van der Waals surface area contributed by atoms with E-state index in [0.717, 1.165) is 38.8 Å². The van der Waals surface area contributed by atoms with Crippen LogP contribution in [-0.2, 0) is 10.0 Å². The Labute approximate surface area is 109 Å². The number of aliphatic hydroxyl groups excluding tert-OH is 1. The quantitative estimate of drug-likeness (QED) is 0.686. The van der Waals surface area contributed by atoms with Crippen LogP contribution in [0.15, 0.2) is 0 Å². The molecule has 0 amide bonds. The molecule has 0 aromatic heterocycles. The van der Waals surface area contributed by atoms with Crippen molar-refractivity contribution in [3.05, 3.63) is 0 Å². The minimum atomic E-state index is -3.16. The Kier molecular flexibility index (Phi) is 5.00. The summed E-state index contributed by atoms with van der Waals surface area (Å²) in [6, 6.07) is 0.0279. The van der Waals surface area contributed by atoms with E-state index in [2.05, 4.69) is 10.0 Å². The standard InChI is InChI=1S/C12H24N2O3S/c15-12-3-1-11(2-4-12)14-18(16,17)9-10-5-7-13-8-6-10/h10-15H,1-9H2. The molecule has 0 bridgehead atoms. The van der Waals surface area contributed by atoms with Crippen molar-refractivity contribution in [1.82, 2.24) is 10.0 Å². The van der Waals surface area contributed by atoms with Gasteiger partial charge in [-0.15, -0.1) is 0 Å². The molecule has 1 aliphatic carbocycles. The van der Waals surface area contributed by atoms with Crippen LogP contribution in [0, 0.1) is 5.92 Å². The van der Waals surface area contributed by atoms with E-state index in [1.54, 1.807) is 0 Å². The van der Waals surface area contributed by atoms with Crippen LogP contribution < -0.4 is 10.0 Å². The van der Waals surface area contributed by atoms with E-state index in [4.69, 9.17) is 0 Å². The molecule has 2 rings (SSSR count). The zero-order valence-electron chi connectivity index (χ0n) is 10.8. The van der Waals surface area contributed by atoms with Crippen molar-refractivity contribution < 1.29 is 13.5 Å². The second kappa shape index (κ2) is 6.32. The van der Waals surface area contributed by atoms with Crippen LogP contribution >= 0.6 is 0 Å². The van der Waals surface area contributed by atoms with Gasteiger partial charge in [-0.1, -0.05) is 0 Å². The molecule has 0 aromatic carbocycles. The van der Waals surface area contributed by atoms with Crippen molar-refractivity contribution in [2.24, 2.45) is 5.92 Å². The van der Waals surface area contributed by atoms with E-state index in [-0.39, 0.29) is 23.8 Å². The topological polar surface area (TPSA) is 78.4 Å². The molecule has 3 N–H and O–H groups in total. The minimum Gasteiger partial charge on any atom is -0.393 e. The Balaban J connectivity index is 1.79. The normalized spacial score (nSPS) is 31.4. The Morgan fingerprint density at radius 3 is 2.28 bits per heavy atom. The summed E-state index contributed by atoms with van der Waals surface area (Å²) in [5.41, 5.74) is 0. The Bertz CT molecular complexity index is 344. The van der Waals surface area contributed by atoms with E-state index in [1.165, 1.54) is 0 Å². The molecule has 0 radical (unpaired) electrons. The molecule has 0 atom stereocenters. The van der Waals surface area contributed by atoms with Gasteiger partial charge in [-0.2, -0.15) is 0 Å². The van der Waals surface area contributed by atoms with Crippen LogP contribution in [0.4, 0.5) is 0 Å². The highest BCUT2D eigenvalue weighted by Gasteiger charge is 2.26. The molecule has 0 unspecified atom stereocenters. The van der Waals surface area contributed by atoms with Gasteiger partial charge in [0.25, 0.3) is 0 Å². The lowest BCUT2D eigenvalue weighted by Crippen LogP contribution is -2.42. The smallest absolute Gasteiger partial charge is 0.212 e. The molecule has 5 nitrogen and oxygen atoms in total. The molecular weight excluding hydrogens is 252 g/mol. The number of hydrogen-bond donors (Lipinski definition) is 3. The molecule has 1 aliphatic heterocycles. The van der Waals surface area contributed by atoms with Crippen molar-refractivity contribution in [2.45, 2.75) is 50.7 Å². The lowest BCUT2D eigenvalue weighted by atomic mass is 9.94. The van der Waals surface area contributed by atoms with Crippen LogP contribution in [0.3, 0.4) is 0 Å². The van der Waals surface area contributed by atoms with E-state index in [0.29, 0.717) is 12.8 Å². The summed E-state index contributed by atoms with van der Waals surface area (Å²) in [4.78, 5) is 0. The van der Waals surface area contributed by atoms with E-state index >= 15 is 0 Å². The molecular formula is C12H24N2O3S. The second-order valence-corrected chi connectivity index (χ2v) is 7.40. The average molecular weight is 276 g/mol. The molecule has 2 aliphatic rings. The minimum absolute atomic E-state index is 0.0279. The maximum absolute atomic E-state index is 12.1. The van der Waals surface area contributed by atoms with Crippen LogP contribution in [0.25, 0.3) is 0 Å². The molecule has 1 saturated carbocycles. The first-order valence-electron chi connectivity index (χ1n) is 6.94. The first-order chi connectivity index (χ1) is 8.55.